The SMILES string of the molecule is CC(=O)n1cc(-c2nc(C)nc3c2CC[C@H]2[C@H](C)C(=O)C(C#N)C[C@@]32c2ccccc2)cn1. The van der Waals surface area contributed by atoms with Crippen molar-refractivity contribution in [2.75, 3.05) is 0 Å². The minimum atomic E-state index is -0.679. The number of nitrogens with zero attached hydrogens (tertiary/aromatic N) is 5. The van der Waals surface area contributed by atoms with E-state index in [1.807, 2.05) is 32.0 Å². The fraction of sp³-hybridized carbons (Fsp3) is 0.385. The molecule has 4 atom stereocenters. The maximum absolute atomic E-state index is 13.0. The fourth-order valence-electron chi connectivity index (χ4n) is 5.96. The lowest BCUT2D eigenvalue weighted by Gasteiger charge is -2.51. The molecule has 7 heteroatoms. The molecule has 1 aromatic carbocycles. The summed E-state index contributed by atoms with van der Waals surface area (Å²) >= 11 is 0. The molecule has 0 amide bonds. The third-order valence-corrected chi connectivity index (χ3v) is 7.43. The quantitative estimate of drug-likeness (QED) is 0.600. The van der Waals surface area contributed by atoms with E-state index in [4.69, 9.17) is 9.97 Å². The zero-order valence-corrected chi connectivity index (χ0v) is 18.9. The average Bonchev–Trinajstić information content (AvgIpc) is 3.32. The number of carbonyl (C=O) groups excluding carboxylic acids is 2. The Balaban J connectivity index is 1.79. The first-order valence-corrected chi connectivity index (χ1v) is 11.3. The molecule has 0 bridgehead atoms. The van der Waals surface area contributed by atoms with Gasteiger partial charge in [0.15, 0.2) is 5.78 Å². The number of aryl methyl sites for hydroxylation is 1. The Morgan fingerprint density at radius 3 is 2.67 bits per heavy atom. The van der Waals surface area contributed by atoms with Crippen LogP contribution in [0, 0.1) is 36.0 Å². The lowest BCUT2D eigenvalue weighted by Crippen LogP contribution is -2.53. The largest absolute Gasteiger partial charge is 0.298 e. The summed E-state index contributed by atoms with van der Waals surface area (Å²) in [5.74, 6) is -0.387. The maximum atomic E-state index is 13.0. The first kappa shape index (κ1) is 21.2. The van der Waals surface area contributed by atoms with Crippen molar-refractivity contribution >= 4 is 11.7 Å². The molecule has 1 fully saturated rings. The third-order valence-electron chi connectivity index (χ3n) is 7.43. The van der Waals surface area contributed by atoms with Crippen LogP contribution in [0.1, 0.15) is 54.1 Å². The van der Waals surface area contributed by atoms with E-state index in [0.29, 0.717) is 12.2 Å². The van der Waals surface area contributed by atoms with Crippen LogP contribution < -0.4 is 0 Å². The van der Waals surface area contributed by atoms with Gasteiger partial charge in [0.1, 0.15) is 11.7 Å². The number of carbonyl (C=O) groups is 2. The van der Waals surface area contributed by atoms with E-state index >= 15 is 0 Å². The second-order valence-corrected chi connectivity index (χ2v) is 9.20. The first-order valence-electron chi connectivity index (χ1n) is 11.3. The average molecular weight is 440 g/mol. The van der Waals surface area contributed by atoms with Gasteiger partial charge in [-0.3, -0.25) is 9.59 Å². The Hall–Kier alpha value is -3.66. The number of benzene rings is 1. The predicted octanol–water partition coefficient (Wildman–Crippen LogP) is 3.91. The predicted molar refractivity (Wildman–Crippen MR) is 121 cm³/mol. The van der Waals surface area contributed by atoms with Crippen molar-refractivity contribution < 1.29 is 9.59 Å². The zero-order valence-electron chi connectivity index (χ0n) is 18.9. The van der Waals surface area contributed by atoms with Crippen molar-refractivity contribution in [2.45, 2.75) is 45.4 Å². The molecule has 3 aromatic rings. The van der Waals surface area contributed by atoms with Crippen LogP contribution in [-0.4, -0.2) is 31.4 Å². The molecule has 0 spiro atoms. The number of ketones is 1. The summed E-state index contributed by atoms with van der Waals surface area (Å²) in [5, 5.41) is 14.1. The van der Waals surface area contributed by atoms with Gasteiger partial charge in [0.2, 0.25) is 5.91 Å². The van der Waals surface area contributed by atoms with Crippen LogP contribution in [0.4, 0.5) is 0 Å². The van der Waals surface area contributed by atoms with Crippen LogP contribution in [0.2, 0.25) is 0 Å². The van der Waals surface area contributed by atoms with Gasteiger partial charge in [-0.15, -0.1) is 0 Å². The molecule has 1 unspecified atom stereocenters. The molecule has 2 heterocycles. The van der Waals surface area contributed by atoms with Crippen molar-refractivity contribution in [1.29, 1.82) is 5.26 Å². The Kier molecular flexibility index (Phi) is 4.97. The van der Waals surface area contributed by atoms with Crippen molar-refractivity contribution in [1.82, 2.24) is 19.7 Å². The van der Waals surface area contributed by atoms with E-state index in [1.54, 1.807) is 12.4 Å². The number of fused-ring (bicyclic) bond motifs is 3. The molecule has 0 saturated heterocycles. The molecule has 2 aliphatic carbocycles. The number of rotatable bonds is 2. The number of hydrogen-bond acceptors (Lipinski definition) is 6. The highest BCUT2D eigenvalue weighted by atomic mass is 16.2. The molecule has 33 heavy (non-hydrogen) atoms. The summed E-state index contributed by atoms with van der Waals surface area (Å²) in [5.41, 5.74) is 3.99. The zero-order chi connectivity index (χ0) is 23.3. The minimum Gasteiger partial charge on any atom is -0.298 e. The second-order valence-electron chi connectivity index (χ2n) is 9.20. The van der Waals surface area contributed by atoms with Crippen LogP contribution in [0.5, 0.6) is 0 Å². The summed E-state index contributed by atoms with van der Waals surface area (Å²) in [6, 6.07) is 12.4. The first-order chi connectivity index (χ1) is 15.9. The van der Waals surface area contributed by atoms with E-state index < -0.39 is 11.3 Å². The van der Waals surface area contributed by atoms with Gasteiger partial charge in [-0.05, 0) is 37.7 Å². The van der Waals surface area contributed by atoms with Gasteiger partial charge >= 0.3 is 0 Å². The van der Waals surface area contributed by atoms with Crippen molar-refractivity contribution in [3.05, 3.63) is 65.4 Å². The van der Waals surface area contributed by atoms with E-state index in [9.17, 15) is 14.9 Å². The Bertz CT molecular complexity index is 1310. The molecule has 7 nitrogen and oxygen atoms in total. The van der Waals surface area contributed by atoms with Crippen LogP contribution in [-0.2, 0) is 16.6 Å². The normalized spacial score (nSPS) is 26.2. The molecule has 5 rings (SSSR count). The summed E-state index contributed by atoms with van der Waals surface area (Å²) in [7, 11) is 0. The lowest BCUT2D eigenvalue weighted by atomic mass is 9.51. The summed E-state index contributed by atoms with van der Waals surface area (Å²) < 4.78 is 1.31. The highest BCUT2D eigenvalue weighted by Crippen LogP contribution is 2.56. The molecular weight excluding hydrogens is 414 g/mol. The van der Waals surface area contributed by atoms with Crippen molar-refractivity contribution in [3.8, 4) is 17.3 Å². The number of hydrogen-bond donors (Lipinski definition) is 0. The monoisotopic (exact) mass is 439 g/mol. The van der Waals surface area contributed by atoms with Crippen LogP contribution in [0.3, 0.4) is 0 Å². The van der Waals surface area contributed by atoms with Gasteiger partial charge in [-0.25, -0.2) is 14.6 Å². The molecule has 166 valence electrons. The van der Waals surface area contributed by atoms with Gasteiger partial charge in [0.25, 0.3) is 0 Å². The number of nitriles is 1. The molecule has 2 aromatic heterocycles. The fourth-order valence-corrected chi connectivity index (χ4v) is 5.96. The van der Waals surface area contributed by atoms with Crippen molar-refractivity contribution in [3.63, 3.8) is 0 Å². The summed E-state index contributed by atoms with van der Waals surface area (Å²) in [6.07, 6.45) is 5.31. The highest BCUT2D eigenvalue weighted by molar-refractivity contribution is 5.87. The molecule has 2 aliphatic rings. The maximum Gasteiger partial charge on any atom is 0.243 e. The van der Waals surface area contributed by atoms with Crippen LogP contribution in [0.15, 0.2) is 42.7 Å². The van der Waals surface area contributed by atoms with Gasteiger partial charge in [0.05, 0.1) is 23.7 Å². The summed E-state index contributed by atoms with van der Waals surface area (Å²) in [6.45, 7) is 5.29. The van der Waals surface area contributed by atoms with E-state index in [1.165, 1.54) is 11.6 Å². The molecule has 0 radical (unpaired) electrons. The lowest BCUT2D eigenvalue weighted by molar-refractivity contribution is -0.131. The van der Waals surface area contributed by atoms with Crippen LogP contribution >= 0.6 is 0 Å². The van der Waals surface area contributed by atoms with Gasteiger partial charge < -0.3 is 0 Å². The number of Topliss-reactive ketones (excluding diaryl/α,β-unsaturated/α-hetero) is 1. The molecular formula is C26H25N5O2. The van der Waals surface area contributed by atoms with Crippen molar-refractivity contribution in [2.24, 2.45) is 17.8 Å². The van der Waals surface area contributed by atoms with Gasteiger partial charge in [-0.2, -0.15) is 10.4 Å². The topological polar surface area (TPSA) is 102 Å². The molecule has 1 saturated carbocycles. The Morgan fingerprint density at radius 2 is 2.00 bits per heavy atom. The van der Waals surface area contributed by atoms with Gasteiger partial charge in [-0.1, -0.05) is 37.3 Å². The summed E-state index contributed by atoms with van der Waals surface area (Å²) in [4.78, 5) is 34.6. The minimum absolute atomic E-state index is 0.0336. The number of aromatic nitrogens is 4. The standard InChI is InChI=1S/C26H25N5O2/c1-15-22-10-9-21-23(19-13-28-31(14-19)17(3)32)29-16(2)30-25(21)26(22,11-18(12-27)24(15)33)20-7-5-4-6-8-20/h4-8,13-15,18,22H,9-11H2,1-3H3/t15-,18?,22-,26-/m0/s1. The van der Waals surface area contributed by atoms with E-state index in [2.05, 4.69) is 23.3 Å². The Labute approximate surface area is 192 Å². The Morgan fingerprint density at radius 1 is 1.24 bits per heavy atom. The molecule has 0 aliphatic heterocycles. The third kappa shape index (κ3) is 3.12. The second kappa shape index (κ2) is 7.73. The van der Waals surface area contributed by atoms with Crippen LogP contribution in [0.25, 0.3) is 11.3 Å². The van der Waals surface area contributed by atoms with E-state index in [-0.39, 0.29) is 23.5 Å². The van der Waals surface area contributed by atoms with Gasteiger partial charge in [0, 0.05) is 35.6 Å². The highest BCUT2D eigenvalue weighted by Gasteiger charge is 2.56. The van der Waals surface area contributed by atoms with E-state index in [0.717, 1.165) is 40.9 Å². The molecule has 0 N–H and O–H groups in total. The smallest absolute Gasteiger partial charge is 0.243 e.